The molecule has 1 heterocycles. The summed E-state index contributed by atoms with van der Waals surface area (Å²) >= 11 is 0. The molecule has 0 atom stereocenters. The van der Waals surface area contributed by atoms with Crippen molar-refractivity contribution in [3.63, 3.8) is 0 Å². The first kappa shape index (κ1) is 11.7. The minimum absolute atomic E-state index is 0.0109. The Morgan fingerprint density at radius 3 is 2.28 bits per heavy atom. The topological polar surface area (TPSA) is 65.2 Å². The highest BCUT2D eigenvalue weighted by Gasteiger charge is 2.55. The summed E-state index contributed by atoms with van der Waals surface area (Å²) in [7, 11) is 1.48. The molecule has 1 aromatic heterocycles. The predicted octanol–water partition coefficient (Wildman–Crippen LogP) is 2.14. The average Bonchev–Trinajstić information content (AvgIpc) is 2.87. The molecule has 18 heavy (non-hydrogen) atoms. The number of nitrogens with zero attached hydrogens (tertiary/aromatic N) is 2. The smallest absolute Gasteiger partial charge is 0.311 e. The van der Waals surface area contributed by atoms with E-state index in [4.69, 9.17) is 9.26 Å². The van der Waals surface area contributed by atoms with Gasteiger partial charge in [-0.05, 0) is 45.4 Å². The van der Waals surface area contributed by atoms with Crippen LogP contribution in [0.3, 0.4) is 0 Å². The van der Waals surface area contributed by atoms with Crippen LogP contribution in [0.1, 0.15) is 50.2 Å². The Hall–Kier alpha value is -1.39. The second-order valence-electron chi connectivity index (χ2n) is 5.70. The Balaban J connectivity index is 1.85. The first-order chi connectivity index (χ1) is 8.60. The molecule has 1 aromatic rings. The van der Waals surface area contributed by atoms with Crippen LogP contribution in [-0.2, 0) is 14.9 Å². The fourth-order valence-electron chi connectivity index (χ4n) is 3.54. The lowest BCUT2D eigenvalue weighted by Crippen LogP contribution is -2.48. The van der Waals surface area contributed by atoms with Gasteiger partial charge < -0.3 is 9.26 Å². The van der Waals surface area contributed by atoms with Crippen molar-refractivity contribution in [2.75, 3.05) is 7.11 Å². The lowest BCUT2D eigenvalue weighted by molar-refractivity contribution is -0.160. The van der Waals surface area contributed by atoms with Crippen molar-refractivity contribution >= 4 is 5.97 Å². The normalized spacial score (nSPS) is 34.6. The summed E-state index contributed by atoms with van der Waals surface area (Å²) in [4.78, 5) is 16.3. The highest BCUT2D eigenvalue weighted by molar-refractivity contribution is 5.77. The SMILES string of the molecule is COC(=O)C12CCC(c3nc(C)no3)(CC1)CC2. The number of carbonyl (C=O) groups excluding carboxylic acids is 1. The molecule has 0 aliphatic heterocycles. The van der Waals surface area contributed by atoms with E-state index in [2.05, 4.69) is 10.1 Å². The molecule has 0 spiro atoms. The van der Waals surface area contributed by atoms with Gasteiger partial charge in [-0.1, -0.05) is 5.16 Å². The van der Waals surface area contributed by atoms with Crippen LogP contribution in [0, 0.1) is 12.3 Å². The van der Waals surface area contributed by atoms with Gasteiger partial charge >= 0.3 is 5.97 Å². The van der Waals surface area contributed by atoms with Gasteiger partial charge in [-0.15, -0.1) is 0 Å². The summed E-state index contributed by atoms with van der Waals surface area (Å²) < 4.78 is 10.3. The number of esters is 1. The molecular formula is C13H18N2O3. The van der Waals surface area contributed by atoms with E-state index in [1.807, 2.05) is 6.92 Å². The van der Waals surface area contributed by atoms with Gasteiger partial charge in [-0.3, -0.25) is 4.79 Å². The van der Waals surface area contributed by atoms with Crippen molar-refractivity contribution < 1.29 is 14.1 Å². The van der Waals surface area contributed by atoms with E-state index in [-0.39, 0.29) is 16.8 Å². The maximum atomic E-state index is 11.9. The molecule has 3 aliphatic rings. The standard InChI is InChI=1S/C13H18N2O3/c1-9-14-10(18-15-9)12-3-6-13(7-4-12,8-5-12)11(16)17-2/h3-8H2,1-2H3. The van der Waals surface area contributed by atoms with E-state index in [0.717, 1.165) is 44.4 Å². The molecule has 0 radical (unpaired) electrons. The summed E-state index contributed by atoms with van der Waals surface area (Å²) in [6, 6.07) is 0. The average molecular weight is 250 g/mol. The molecule has 3 aliphatic carbocycles. The summed E-state index contributed by atoms with van der Waals surface area (Å²) in [6.45, 7) is 1.84. The van der Waals surface area contributed by atoms with Crippen molar-refractivity contribution in [2.24, 2.45) is 5.41 Å². The van der Waals surface area contributed by atoms with Crippen LogP contribution >= 0.6 is 0 Å². The van der Waals surface area contributed by atoms with Gasteiger partial charge in [0, 0.05) is 5.41 Å². The lowest BCUT2D eigenvalue weighted by Gasteiger charge is -2.49. The van der Waals surface area contributed by atoms with Crippen LogP contribution < -0.4 is 0 Å². The van der Waals surface area contributed by atoms with Crippen molar-refractivity contribution in [3.05, 3.63) is 11.7 Å². The lowest BCUT2D eigenvalue weighted by atomic mass is 9.53. The van der Waals surface area contributed by atoms with Gasteiger partial charge in [-0.25, -0.2) is 0 Å². The molecule has 3 saturated carbocycles. The molecule has 0 N–H and O–H groups in total. The van der Waals surface area contributed by atoms with E-state index in [0.29, 0.717) is 5.82 Å². The Kier molecular flexibility index (Phi) is 2.47. The van der Waals surface area contributed by atoms with Crippen LogP contribution in [-0.4, -0.2) is 23.2 Å². The van der Waals surface area contributed by atoms with Crippen LogP contribution in [0.2, 0.25) is 0 Å². The van der Waals surface area contributed by atoms with Crippen molar-refractivity contribution in [1.29, 1.82) is 0 Å². The third kappa shape index (κ3) is 1.49. The number of aromatic nitrogens is 2. The van der Waals surface area contributed by atoms with E-state index in [1.54, 1.807) is 0 Å². The maximum Gasteiger partial charge on any atom is 0.311 e. The second kappa shape index (κ2) is 3.80. The fourth-order valence-corrected chi connectivity index (χ4v) is 3.54. The summed E-state index contributed by atoms with van der Waals surface area (Å²) in [6.07, 6.45) is 5.47. The fraction of sp³-hybridized carbons (Fsp3) is 0.769. The van der Waals surface area contributed by atoms with Gasteiger partial charge in [0.1, 0.15) is 0 Å². The van der Waals surface area contributed by atoms with Crippen molar-refractivity contribution in [3.8, 4) is 0 Å². The number of hydrogen-bond acceptors (Lipinski definition) is 5. The van der Waals surface area contributed by atoms with Crippen LogP contribution in [0.15, 0.2) is 4.52 Å². The minimum Gasteiger partial charge on any atom is -0.469 e. The Bertz CT molecular complexity index is 456. The first-order valence-corrected chi connectivity index (χ1v) is 6.50. The maximum absolute atomic E-state index is 11.9. The number of ether oxygens (including phenoxy) is 1. The Morgan fingerprint density at radius 2 is 1.83 bits per heavy atom. The monoisotopic (exact) mass is 250 g/mol. The molecular weight excluding hydrogens is 232 g/mol. The second-order valence-corrected chi connectivity index (χ2v) is 5.70. The summed E-state index contributed by atoms with van der Waals surface area (Å²) in [5.41, 5.74) is -0.234. The molecule has 5 nitrogen and oxygen atoms in total. The zero-order valence-corrected chi connectivity index (χ0v) is 10.9. The molecule has 98 valence electrons. The van der Waals surface area contributed by atoms with Gasteiger partial charge in [0.25, 0.3) is 0 Å². The van der Waals surface area contributed by atoms with Crippen LogP contribution in [0.25, 0.3) is 0 Å². The molecule has 5 heteroatoms. The third-order valence-corrected chi connectivity index (χ3v) is 4.85. The molecule has 0 saturated heterocycles. The molecule has 4 rings (SSSR count). The molecule has 3 fully saturated rings. The van der Waals surface area contributed by atoms with Crippen LogP contribution in [0.5, 0.6) is 0 Å². The molecule has 2 bridgehead atoms. The number of fused-ring (bicyclic) bond motifs is 3. The minimum atomic E-state index is -0.244. The highest BCUT2D eigenvalue weighted by atomic mass is 16.5. The number of carbonyl (C=O) groups is 1. The molecule has 0 aromatic carbocycles. The van der Waals surface area contributed by atoms with Gasteiger partial charge in [0.2, 0.25) is 5.89 Å². The summed E-state index contributed by atoms with van der Waals surface area (Å²) in [5.74, 6) is 1.41. The van der Waals surface area contributed by atoms with Gasteiger partial charge in [0.05, 0.1) is 12.5 Å². The largest absolute Gasteiger partial charge is 0.469 e. The zero-order chi connectivity index (χ0) is 12.8. The third-order valence-electron chi connectivity index (χ3n) is 4.85. The Morgan fingerprint density at radius 1 is 1.22 bits per heavy atom. The van der Waals surface area contributed by atoms with E-state index < -0.39 is 0 Å². The molecule has 0 unspecified atom stereocenters. The number of aryl methyl sites for hydroxylation is 1. The highest BCUT2D eigenvalue weighted by Crippen LogP contribution is 2.57. The van der Waals surface area contributed by atoms with Crippen LogP contribution in [0.4, 0.5) is 0 Å². The molecule has 0 amide bonds. The van der Waals surface area contributed by atoms with Gasteiger partial charge in [-0.2, -0.15) is 4.98 Å². The quantitative estimate of drug-likeness (QED) is 0.752. The van der Waals surface area contributed by atoms with Gasteiger partial charge in [0.15, 0.2) is 5.82 Å². The zero-order valence-electron chi connectivity index (χ0n) is 10.9. The van der Waals surface area contributed by atoms with Crippen molar-refractivity contribution in [2.45, 2.75) is 50.9 Å². The number of rotatable bonds is 2. The van der Waals surface area contributed by atoms with E-state index in [9.17, 15) is 4.79 Å². The predicted molar refractivity (Wildman–Crippen MR) is 62.9 cm³/mol. The van der Waals surface area contributed by atoms with E-state index >= 15 is 0 Å². The number of hydrogen-bond donors (Lipinski definition) is 0. The number of methoxy groups -OCH3 is 1. The Labute approximate surface area is 106 Å². The van der Waals surface area contributed by atoms with Crippen molar-refractivity contribution in [1.82, 2.24) is 10.1 Å². The summed E-state index contributed by atoms with van der Waals surface area (Å²) in [5, 5.41) is 3.89. The van der Waals surface area contributed by atoms with E-state index in [1.165, 1.54) is 7.11 Å². The first-order valence-electron chi connectivity index (χ1n) is 6.50.